The molecule has 0 bridgehead atoms. The van der Waals surface area contributed by atoms with Crippen molar-refractivity contribution in [3.8, 4) is 21.5 Å². The quantitative estimate of drug-likeness (QED) is 0.277. The van der Waals surface area contributed by atoms with Crippen LogP contribution in [0.3, 0.4) is 0 Å². The Morgan fingerprint density at radius 1 is 0.806 bits per heavy atom. The molecule has 31 heavy (non-hydrogen) atoms. The molecule has 3 rings (SSSR count). The van der Waals surface area contributed by atoms with E-state index in [0.29, 0.717) is 5.19 Å². The molecule has 5 heteroatoms. The zero-order valence-electron chi connectivity index (χ0n) is 19.5. The van der Waals surface area contributed by atoms with Crippen molar-refractivity contribution in [1.82, 2.24) is 10.2 Å². The van der Waals surface area contributed by atoms with E-state index >= 15 is 0 Å². The lowest BCUT2D eigenvalue weighted by atomic mass is 9.74. The fourth-order valence-electron chi connectivity index (χ4n) is 4.62. The average Bonchev–Trinajstić information content (AvgIpc) is 3.27. The number of hydrogen-bond acceptors (Lipinski definition) is 5. The Labute approximate surface area is 192 Å². The second kappa shape index (κ2) is 13.7. The van der Waals surface area contributed by atoms with Crippen LogP contribution in [0, 0.1) is 11.8 Å². The second-order valence-electron chi connectivity index (χ2n) is 8.89. The minimum Gasteiger partial charge on any atom is -0.494 e. The molecule has 1 saturated carbocycles. The molecule has 1 aliphatic carbocycles. The molecule has 0 N–H and O–H groups in total. The maximum atomic E-state index is 5.94. The van der Waals surface area contributed by atoms with Crippen molar-refractivity contribution < 1.29 is 9.47 Å². The van der Waals surface area contributed by atoms with Gasteiger partial charge in [0.1, 0.15) is 5.75 Å². The largest absolute Gasteiger partial charge is 0.494 e. The van der Waals surface area contributed by atoms with Gasteiger partial charge < -0.3 is 9.47 Å². The van der Waals surface area contributed by atoms with E-state index in [2.05, 4.69) is 24.0 Å². The summed E-state index contributed by atoms with van der Waals surface area (Å²) in [5, 5.41) is 10.1. The van der Waals surface area contributed by atoms with Crippen molar-refractivity contribution in [2.45, 2.75) is 90.9 Å². The number of ether oxygens (including phenoxy) is 2. The van der Waals surface area contributed by atoms with Crippen LogP contribution in [-0.4, -0.2) is 23.4 Å². The minimum absolute atomic E-state index is 0.682. The van der Waals surface area contributed by atoms with E-state index in [-0.39, 0.29) is 0 Å². The molecular weight excluding hydrogens is 404 g/mol. The lowest BCUT2D eigenvalue weighted by Gasteiger charge is -2.31. The molecule has 2 atom stereocenters. The molecule has 2 unspecified atom stereocenters. The van der Waals surface area contributed by atoms with Crippen molar-refractivity contribution in [2.75, 3.05) is 13.2 Å². The summed E-state index contributed by atoms with van der Waals surface area (Å²) in [6.07, 6.45) is 15.9. The van der Waals surface area contributed by atoms with E-state index in [0.717, 1.165) is 60.6 Å². The normalized spacial score (nSPS) is 18.8. The van der Waals surface area contributed by atoms with Crippen LogP contribution in [0.1, 0.15) is 90.9 Å². The monoisotopic (exact) mass is 444 g/mol. The predicted octanol–water partition coefficient (Wildman–Crippen LogP) is 7.93. The van der Waals surface area contributed by atoms with Gasteiger partial charge in [-0.3, -0.25) is 0 Å². The Morgan fingerprint density at radius 3 is 2.19 bits per heavy atom. The van der Waals surface area contributed by atoms with E-state index in [1.807, 2.05) is 24.3 Å². The standard InChI is InChI=1S/C26H40N2O2S/c1-3-5-7-11-21-12-8-9-13-22(21)14-10-20-30-26-28-27-25(31-26)23-15-17-24(18-16-23)29-19-6-4-2/h15-18,21-22H,3-14,19-20H2,1-2H3. The third-order valence-corrected chi connectivity index (χ3v) is 7.35. The first kappa shape index (κ1) is 24.0. The fraction of sp³-hybridized carbons (Fsp3) is 0.692. The average molecular weight is 445 g/mol. The Kier molecular flexibility index (Phi) is 10.6. The van der Waals surface area contributed by atoms with Crippen LogP contribution in [0.5, 0.6) is 10.9 Å². The third-order valence-electron chi connectivity index (χ3n) is 6.46. The van der Waals surface area contributed by atoms with Gasteiger partial charge in [-0.25, -0.2) is 0 Å². The van der Waals surface area contributed by atoms with Crippen LogP contribution in [-0.2, 0) is 0 Å². The van der Waals surface area contributed by atoms with E-state index < -0.39 is 0 Å². The van der Waals surface area contributed by atoms with Gasteiger partial charge in [-0.05, 0) is 55.4 Å². The lowest BCUT2D eigenvalue weighted by Crippen LogP contribution is -2.20. The van der Waals surface area contributed by atoms with E-state index in [1.54, 1.807) is 0 Å². The Hall–Kier alpha value is -1.62. The van der Waals surface area contributed by atoms with E-state index in [9.17, 15) is 0 Å². The third kappa shape index (κ3) is 8.10. The number of rotatable bonds is 14. The molecule has 2 aromatic rings. The first-order valence-corrected chi connectivity index (χ1v) is 13.3. The van der Waals surface area contributed by atoms with Gasteiger partial charge in [0, 0.05) is 5.56 Å². The smallest absolute Gasteiger partial charge is 0.294 e. The summed E-state index contributed by atoms with van der Waals surface area (Å²) in [6, 6.07) is 8.11. The summed E-state index contributed by atoms with van der Waals surface area (Å²) >= 11 is 1.53. The molecule has 0 amide bonds. The first-order valence-electron chi connectivity index (χ1n) is 12.5. The van der Waals surface area contributed by atoms with Crippen molar-refractivity contribution >= 4 is 11.3 Å². The van der Waals surface area contributed by atoms with Gasteiger partial charge in [0.05, 0.1) is 13.2 Å². The number of benzene rings is 1. The molecule has 1 heterocycles. The number of unbranched alkanes of at least 4 members (excludes halogenated alkanes) is 3. The Bertz CT molecular complexity index is 731. The highest BCUT2D eigenvalue weighted by atomic mass is 32.1. The minimum atomic E-state index is 0.682. The molecule has 0 saturated heterocycles. The summed E-state index contributed by atoms with van der Waals surface area (Å²) in [7, 11) is 0. The molecule has 172 valence electrons. The second-order valence-corrected chi connectivity index (χ2v) is 9.83. The Balaban J connectivity index is 1.40. The SMILES string of the molecule is CCCCCC1CCCCC1CCCOc1nnc(-c2ccc(OCCCC)cc2)s1. The molecule has 1 aromatic heterocycles. The summed E-state index contributed by atoms with van der Waals surface area (Å²) in [5.74, 6) is 2.76. The summed E-state index contributed by atoms with van der Waals surface area (Å²) in [4.78, 5) is 0. The highest BCUT2D eigenvalue weighted by molar-refractivity contribution is 7.16. The first-order chi connectivity index (χ1) is 15.3. The molecule has 1 aliphatic rings. The van der Waals surface area contributed by atoms with Crippen molar-refractivity contribution in [3.63, 3.8) is 0 Å². The zero-order chi connectivity index (χ0) is 21.7. The summed E-state index contributed by atoms with van der Waals surface area (Å²) in [5.41, 5.74) is 1.06. The van der Waals surface area contributed by atoms with Gasteiger partial charge >= 0.3 is 0 Å². The van der Waals surface area contributed by atoms with Gasteiger partial charge in [0.15, 0.2) is 5.01 Å². The Morgan fingerprint density at radius 2 is 1.48 bits per heavy atom. The number of nitrogens with zero attached hydrogens (tertiary/aromatic N) is 2. The van der Waals surface area contributed by atoms with Crippen LogP contribution in [0.25, 0.3) is 10.6 Å². The topological polar surface area (TPSA) is 44.2 Å². The number of hydrogen-bond donors (Lipinski definition) is 0. The van der Waals surface area contributed by atoms with Gasteiger partial charge in [-0.1, -0.05) is 88.1 Å². The van der Waals surface area contributed by atoms with Gasteiger partial charge in [0.2, 0.25) is 0 Å². The molecule has 0 radical (unpaired) electrons. The van der Waals surface area contributed by atoms with Crippen molar-refractivity contribution in [2.24, 2.45) is 11.8 Å². The van der Waals surface area contributed by atoms with Crippen LogP contribution in [0.15, 0.2) is 24.3 Å². The predicted molar refractivity (Wildman–Crippen MR) is 130 cm³/mol. The summed E-state index contributed by atoms with van der Waals surface area (Å²) in [6.45, 7) is 5.99. The van der Waals surface area contributed by atoms with Gasteiger partial charge in [-0.2, -0.15) is 0 Å². The van der Waals surface area contributed by atoms with E-state index in [1.165, 1.54) is 69.1 Å². The molecule has 1 aromatic carbocycles. The van der Waals surface area contributed by atoms with Crippen LogP contribution >= 0.6 is 11.3 Å². The van der Waals surface area contributed by atoms with Gasteiger partial charge in [0.25, 0.3) is 5.19 Å². The molecule has 1 fully saturated rings. The summed E-state index contributed by atoms with van der Waals surface area (Å²) < 4.78 is 11.7. The number of aromatic nitrogens is 2. The molecule has 4 nitrogen and oxygen atoms in total. The van der Waals surface area contributed by atoms with Crippen LogP contribution in [0.2, 0.25) is 0 Å². The maximum absolute atomic E-state index is 5.94. The zero-order valence-corrected chi connectivity index (χ0v) is 20.3. The van der Waals surface area contributed by atoms with E-state index in [4.69, 9.17) is 9.47 Å². The fourth-order valence-corrected chi connectivity index (χ4v) is 5.34. The highest BCUT2D eigenvalue weighted by Crippen LogP contribution is 2.36. The van der Waals surface area contributed by atoms with Crippen molar-refractivity contribution in [3.05, 3.63) is 24.3 Å². The highest BCUT2D eigenvalue weighted by Gasteiger charge is 2.24. The molecule has 0 aliphatic heterocycles. The van der Waals surface area contributed by atoms with Crippen molar-refractivity contribution in [1.29, 1.82) is 0 Å². The molecular formula is C26H40N2O2S. The maximum Gasteiger partial charge on any atom is 0.294 e. The van der Waals surface area contributed by atoms with Crippen LogP contribution in [0.4, 0.5) is 0 Å². The van der Waals surface area contributed by atoms with Crippen LogP contribution < -0.4 is 9.47 Å². The molecule has 0 spiro atoms. The lowest BCUT2D eigenvalue weighted by molar-refractivity contribution is 0.190. The van der Waals surface area contributed by atoms with Gasteiger partial charge in [-0.15, -0.1) is 5.10 Å².